The third-order valence-electron chi connectivity index (χ3n) is 3.45. The van der Waals surface area contributed by atoms with Crippen molar-refractivity contribution < 1.29 is 4.79 Å². The number of nitrogens with one attached hydrogen (secondary N) is 1. The van der Waals surface area contributed by atoms with Gasteiger partial charge in [-0.3, -0.25) is 4.79 Å². The van der Waals surface area contributed by atoms with Crippen LogP contribution in [0.1, 0.15) is 33.6 Å². The fraction of sp³-hybridized carbons (Fsp3) is 0.917. The molecule has 0 aromatic heterocycles. The van der Waals surface area contributed by atoms with E-state index in [0.29, 0.717) is 24.3 Å². The van der Waals surface area contributed by atoms with Gasteiger partial charge in [0.25, 0.3) is 0 Å². The van der Waals surface area contributed by atoms with Gasteiger partial charge in [-0.05, 0) is 17.8 Å². The van der Waals surface area contributed by atoms with Crippen LogP contribution in [0, 0.1) is 11.3 Å². The van der Waals surface area contributed by atoms with Crippen molar-refractivity contribution in [3.8, 4) is 0 Å². The molecule has 0 saturated carbocycles. The van der Waals surface area contributed by atoms with Crippen LogP contribution in [-0.2, 0) is 4.79 Å². The smallest absolute Gasteiger partial charge is 0.223 e. The molecule has 0 aromatic rings. The molecule has 2 saturated heterocycles. The first-order chi connectivity index (χ1) is 6.97. The molecule has 86 valence electrons. The van der Waals surface area contributed by atoms with E-state index in [4.69, 9.17) is 0 Å². The number of carbonyl (C=O) groups is 1. The van der Waals surface area contributed by atoms with Crippen molar-refractivity contribution in [1.29, 1.82) is 0 Å². The van der Waals surface area contributed by atoms with E-state index in [1.807, 2.05) is 0 Å². The van der Waals surface area contributed by atoms with Crippen LogP contribution in [-0.4, -0.2) is 36.5 Å². The SMILES string of the molecule is CC(C)(C)CC(=O)N1CC[C@H]2CNC[C@@H]21. The van der Waals surface area contributed by atoms with Crippen LogP contribution in [0.25, 0.3) is 0 Å². The highest BCUT2D eigenvalue weighted by molar-refractivity contribution is 5.77. The summed E-state index contributed by atoms with van der Waals surface area (Å²) in [5.41, 5.74) is 0.112. The molecule has 3 heteroatoms. The summed E-state index contributed by atoms with van der Waals surface area (Å²) in [5.74, 6) is 1.06. The minimum atomic E-state index is 0.112. The van der Waals surface area contributed by atoms with Gasteiger partial charge in [-0.2, -0.15) is 0 Å². The van der Waals surface area contributed by atoms with Crippen molar-refractivity contribution in [3.63, 3.8) is 0 Å². The third kappa shape index (κ3) is 2.33. The van der Waals surface area contributed by atoms with Gasteiger partial charge in [0, 0.05) is 32.1 Å². The quantitative estimate of drug-likeness (QED) is 0.706. The Hall–Kier alpha value is -0.570. The molecule has 2 aliphatic heterocycles. The maximum Gasteiger partial charge on any atom is 0.223 e. The van der Waals surface area contributed by atoms with Gasteiger partial charge in [-0.15, -0.1) is 0 Å². The molecule has 0 radical (unpaired) electrons. The van der Waals surface area contributed by atoms with Crippen molar-refractivity contribution in [1.82, 2.24) is 10.2 Å². The topological polar surface area (TPSA) is 32.3 Å². The number of carbonyl (C=O) groups excluding carboxylic acids is 1. The zero-order valence-electron chi connectivity index (χ0n) is 10.0. The second-order valence-corrected chi connectivity index (χ2v) is 6.10. The summed E-state index contributed by atoms with van der Waals surface area (Å²) < 4.78 is 0. The van der Waals surface area contributed by atoms with Gasteiger partial charge in [0.05, 0.1) is 0 Å². The molecule has 2 atom stereocenters. The van der Waals surface area contributed by atoms with Gasteiger partial charge in [0.1, 0.15) is 0 Å². The Morgan fingerprint density at radius 1 is 1.40 bits per heavy atom. The molecule has 0 aromatic carbocycles. The van der Waals surface area contributed by atoms with Gasteiger partial charge < -0.3 is 10.2 Å². The Labute approximate surface area is 92.2 Å². The minimum absolute atomic E-state index is 0.112. The summed E-state index contributed by atoms with van der Waals surface area (Å²) in [4.78, 5) is 14.2. The predicted octanol–water partition coefficient (Wildman–Crippen LogP) is 1.24. The molecule has 1 amide bonds. The fourth-order valence-corrected chi connectivity index (χ4v) is 2.71. The summed E-state index contributed by atoms with van der Waals surface area (Å²) in [7, 11) is 0. The minimum Gasteiger partial charge on any atom is -0.338 e. The number of rotatable bonds is 1. The van der Waals surface area contributed by atoms with E-state index in [1.54, 1.807) is 0 Å². The first kappa shape index (κ1) is 10.9. The summed E-state index contributed by atoms with van der Waals surface area (Å²) in [5, 5.41) is 3.38. The molecule has 2 aliphatic rings. The number of likely N-dealkylation sites (tertiary alicyclic amines) is 1. The van der Waals surface area contributed by atoms with E-state index in [0.717, 1.165) is 19.6 Å². The van der Waals surface area contributed by atoms with Gasteiger partial charge in [-0.25, -0.2) is 0 Å². The fourth-order valence-electron chi connectivity index (χ4n) is 2.71. The van der Waals surface area contributed by atoms with Gasteiger partial charge in [0.2, 0.25) is 5.91 Å². The highest BCUT2D eigenvalue weighted by Crippen LogP contribution is 2.29. The Bertz CT molecular complexity index is 257. The largest absolute Gasteiger partial charge is 0.338 e. The number of nitrogens with zero attached hydrogens (tertiary/aromatic N) is 1. The number of hydrogen-bond donors (Lipinski definition) is 1. The van der Waals surface area contributed by atoms with E-state index in [9.17, 15) is 4.79 Å². The zero-order chi connectivity index (χ0) is 11.1. The molecule has 2 fully saturated rings. The number of amides is 1. The van der Waals surface area contributed by atoms with Crippen LogP contribution in [0.2, 0.25) is 0 Å². The lowest BCUT2D eigenvalue weighted by Crippen LogP contribution is -2.40. The average molecular weight is 210 g/mol. The Morgan fingerprint density at radius 2 is 2.13 bits per heavy atom. The predicted molar refractivity (Wildman–Crippen MR) is 60.5 cm³/mol. The molecule has 15 heavy (non-hydrogen) atoms. The van der Waals surface area contributed by atoms with Crippen LogP contribution < -0.4 is 5.32 Å². The number of fused-ring (bicyclic) bond motifs is 1. The molecule has 2 rings (SSSR count). The molecular formula is C12H22N2O. The molecule has 0 aliphatic carbocycles. The normalized spacial score (nSPS) is 30.7. The van der Waals surface area contributed by atoms with Crippen LogP contribution in [0.3, 0.4) is 0 Å². The second kappa shape index (κ2) is 3.78. The second-order valence-electron chi connectivity index (χ2n) is 6.10. The average Bonchev–Trinajstić information content (AvgIpc) is 2.57. The van der Waals surface area contributed by atoms with E-state index in [1.165, 1.54) is 6.42 Å². The molecule has 1 N–H and O–H groups in total. The van der Waals surface area contributed by atoms with E-state index in [-0.39, 0.29) is 5.41 Å². The highest BCUT2D eigenvalue weighted by Gasteiger charge is 2.40. The van der Waals surface area contributed by atoms with Gasteiger partial charge >= 0.3 is 0 Å². The molecule has 2 heterocycles. The van der Waals surface area contributed by atoms with Crippen LogP contribution >= 0.6 is 0 Å². The molecule has 0 spiro atoms. The first-order valence-electron chi connectivity index (χ1n) is 5.97. The molecular weight excluding hydrogens is 188 g/mol. The maximum atomic E-state index is 12.1. The van der Waals surface area contributed by atoms with Crippen molar-refractivity contribution in [3.05, 3.63) is 0 Å². The van der Waals surface area contributed by atoms with Crippen LogP contribution in [0.5, 0.6) is 0 Å². The standard InChI is InChI=1S/C12H22N2O/c1-12(2,3)6-11(15)14-5-4-9-7-13-8-10(9)14/h9-10,13H,4-8H2,1-3H3/t9-,10-/m0/s1. The van der Waals surface area contributed by atoms with Crippen molar-refractivity contribution >= 4 is 5.91 Å². The van der Waals surface area contributed by atoms with E-state index >= 15 is 0 Å². The summed E-state index contributed by atoms with van der Waals surface area (Å²) in [6, 6.07) is 0.486. The lowest BCUT2D eigenvalue weighted by Gasteiger charge is -2.27. The van der Waals surface area contributed by atoms with Crippen molar-refractivity contribution in [2.24, 2.45) is 11.3 Å². The molecule has 3 nitrogen and oxygen atoms in total. The number of hydrogen-bond acceptors (Lipinski definition) is 2. The monoisotopic (exact) mass is 210 g/mol. The molecule has 0 unspecified atom stereocenters. The van der Waals surface area contributed by atoms with Crippen LogP contribution in [0.4, 0.5) is 0 Å². The van der Waals surface area contributed by atoms with Crippen molar-refractivity contribution in [2.45, 2.75) is 39.7 Å². The Morgan fingerprint density at radius 3 is 2.80 bits per heavy atom. The maximum absolute atomic E-state index is 12.1. The highest BCUT2D eigenvalue weighted by atomic mass is 16.2. The first-order valence-corrected chi connectivity index (χ1v) is 5.97. The summed E-state index contributed by atoms with van der Waals surface area (Å²) in [6.07, 6.45) is 1.86. The lowest BCUT2D eigenvalue weighted by atomic mass is 9.91. The van der Waals surface area contributed by atoms with E-state index < -0.39 is 0 Å². The summed E-state index contributed by atoms with van der Waals surface area (Å²) in [6.45, 7) is 9.47. The van der Waals surface area contributed by atoms with E-state index in [2.05, 4.69) is 31.0 Å². The summed E-state index contributed by atoms with van der Waals surface area (Å²) >= 11 is 0. The zero-order valence-corrected chi connectivity index (χ0v) is 10.0. The third-order valence-corrected chi connectivity index (χ3v) is 3.45. The Balaban J connectivity index is 1.96. The molecule has 0 bridgehead atoms. The van der Waals surface area contributed by atoms with Gasteiger partial charge in [0.15, 0.2) is 0 Å². The lowest BCUT2D eigenvalue weighted by molar-refractivity contribution is -0.133. The van der Waals surface area contributed by atoms with Crippen molar-refractivity contribution in [2.75, 3.05) is 19.6 Å². The Kier molecular flexibility index (Phi) is 2.75. The van der Waals surface area contributed by atoms with Crippen LogP contribution in [0.15, 0.2) is 0 Å². The van der Waals surface area contributed by atoms with Gasteiger partial charge in [-0.1, -0.05) is 20.8 Å².